The maximum absolute atomic E-state index is 11.9. The monoisotopic (exact) mass is 234 g/mol. The number of carbonyl (C=O) groups excluding carboxylic acids is 2. The summed E-state index contributed by atoms with van der Waals surface area (Å²) in [6.07, 6.45) is 1.62. The summed E-state index contributed by atoms with van der Waals surface area (Å²) >= 11 is 0. The molecule has 0 bridgehead atoms. The van der Waals surface area contributed by atoms with Gasteiger partial charge in [-0.15, -0.1) is 0 Å². The number of piperazine rings is 1. The SMILES string of the molecule is Cc1cccnc1NC(=O)C1CNC(=O)CN1. The van der Waals surface area contributed by atoms with E-state index in [9.17, 15) is 9.59 Å². The van der Waals surface area contributed by atoms with E-state index in [1.807, 2.05) is 19.1 Å². The molecule has 0 radical (unpaired) electrons. The highest BCUT2D eigenvalue weighted by Gasteiger charge is 2.24. The smallest absolute Gasteiger partial charge is 0.244 e. The summed E-state index contributed by atoms with van der Waals surface area (Å²) < 4.78 is 0. The zero-order chi connectivity index (χ0) is 12.3. The minimum absolute atomic E-state index is 0.0944. The molecular formula is C11H14N4O2. The molecule has 1 aliphatic heterocycles. The van der Waals surface area contributed by atoms with Crippen LogP contribution in [0.2, 0.25) is 0 Å². The molecule has 1 fully saturated rings. The predicted molar refractivity (Wildman–Crippen MR) is 62.4 cm³/mol. The minimum Gasteiger partial charge on any atom is -0.353 e. The Labute approximate surface area is 98.8 Å². The number of hydrogen-bond donors (Lipinski definition) is 3. The van der Waals surface area contributed by atoms with Gasteiger partial charge in [0.1, 0.15) is 11.9 Å². The Morgan fingerprint density at radius 1 is 1.59 bits per heavy atom. The fraction of sp³-hybridized carbons (Fsp3) is 0.364. The van der Waals surface area contributed by atoms with Crippen LogP contribution in [0.3, 0.4) is 0 Å². The van der Waals surface area contributed by atoms with Gasteiger partial charge in [-0.1, -0.05) is 6.07 Å². The van der Waals surface area contributed by atoms with E-state index in [2.05, 4.69) is 20.9 Å². The number of rotatable bonds is 2. The molecule has 0 spiro atoms. The van der Waals surface area contributed by atoms with Crippen molar-refractivity contribution >= 4 is 17.6 Å². The van der Waals surface area contributed by atoms with Crippen molar-refractivity contribution in [3.63, 3.8) is 0 Å². The number of nitrogens with zero attached hydrogens (tertiary/aromatic N) is 1. The molecule has 3 N–H and O–H groups in total. The highest BCUT2D eigenvalue weighted by molar-refractivity contribution is 5.96. The van der Waals surface area contributed by atoms with Crippen LogP contribution in [0.15, 0.2) is 18.3 Å². The number of aromatic nitrogens is 1. The van der Waals surface area contributed by atoms with Crippen molar-refractivity contribution in [1.82, 2.24) is 15.6 Å². The number of anilines is 1. The van der Waals surface area contributed by atoms with Crippen molar-refractivity contribution < 1.29 is 9.59 Å². The lowest BCUT2D eigenvalue weighted by atomic mass is 10.2. The highest BCUT2D eigenvalue weighted by atomic mass is 16.2. The molecule has 0 saturated carbocycles. The Balaban J connectivity index is 1.98. The third kappa shape index (κ3) is 2.79. The molecule has 90 valence electrons. The van der Waals surface area contributed by atoms with E-state index in [0.29, 0.717) is 12.4 Å². The second-order valence-corrected chi connectivity index (χ2v) is 3.90. The second-order valence-electron chi connectivity index (χ2n) is 3.90. The van der Waals surface area contributed by atoms with E-state index < -0.39 is 6.04 Å². The number of pyridine rings is 1. The lowest BCUT2D eigenvalue weighted by Gasteiger charge is -2.23. The molecule has 1 aromatic heterocycles. The molecule has 1 saturated heterocycles. The van der Waals surface area contributed by atoms with Crippen molar-refractivity contribution in [2.24, 2.45) is 0 Å². The topological polar surface area (TPSA) is 83.1 Å². The molecule has 2 amide bonds. The van der Waals surface area contributed by atoms with Crippen LogP contribution in [-0.4, -0.2) is 35.9 Å². The maximum Gasteiger partial charge on any atom is 0.244 e. The highest BCUT2D eigenvalue weighted by Crippen LogP contribution is 2.09. The van der Waals surface area contributed by atoms with E-state index in [1.165, 1.54) is 0 Å². The molecule has 2 heterocycles. The van der Waals surface area contributed by atoms with Gasteiger partial charge in [0.15, 0.2) is 0 Å². The first kappa shape index (κ1) is 11.5. The molecule has 17 heavy (non-hydrogen) atoms. The van der Waals surface area contributed by atoms with Gasteiger partial charge in [0.05, 0.1) is 6.54 Å². The van der Waals surface area contributed by atoms with E-state index in [1.54, 1.807) is 6.20 Å². The lowest BCUT2D eigenvalue weighted by molar-refractivity contribution is -0.124. The van der Waals surface area contributed by atoms with Crippen LogP contribution in [-0.2, 0) is 9.59 Å². The molecule has 6 nitrogen and oxygen atoms in total. The van der Waals surface area contributed by atoms with Gasteiger partial charge in [-0.3, -0.25) is 14.9 Å². The van der Waals surface area contributed by atoms with Gasteiger partial charge < -0.3 is 10.6 Å². The first-order valence-electron chi connectivity index (χ1n) is 5.39. The third-order valence-electron chi connectivity index (χ3n) is 2.58. The molecule has 1 unspecified atom stereocenters. The first-order chi connectivity index (χ1) is 8.16. The van der Waals surface area contributed by atoms with E-state index in [0.717, 1.165) is 5.56 Å². The quantitative estimate of drug-likeness (QED) is 0.639. The van der Waals surface area contributed by atoms with Gasteiger partial charge in [-0.25, -0.2) is 4.98 Å². The summed E-state index contributed by atoms with van der Waals surface area (Å²) in [7, 11) is 0. The summed E-state index contributed by atoms with van der Waals surface area (Å²) in [6.45, 7) is 2.34. The van der Waals surface area contributed by atoms with E-state index >= 15 is 0 Å². The van der Waals surface area contributed by atoms with Crippen molar-refractivity contribution in [3.8, 4) is 0 Å². The van der Waals surface area contributed by atoms with Crippen LogP contribution < -0.4 is 16.0 Å². The number of carbonyl (C=O) groups is 2. The van der Waals surface area contributed by atoms with Crippen LogP contribution >= 0.6 is 0 Å². The van der Waals surface area contributed by atoms with E-state index in [-0.39, 0.29) is 18.4 Å². The molecule has 1 aliphatic rings. The van der Waals surface area contributed by atoms with Crippen LogP contribution in [0.4, 0.5) is 5.82 Å². The van der Waals surface area contributed by atoms with Gasteiger partial charge in [0, 0.05) is 12.7 Å². The number of nitrogens with one attached hydrogen (secondary N) is 3. The summed E-state index contributed by atoms with van der Waals surface area (Å²) in [5, 5.41) is 8.22. The Morgan fingerprint density at radius 3 is 3.06 bits per heavy atom. The summed E-state index contributed by atoms with van der Waals surface area (Å²) in [4.78, 5) is 26.9. The Bertz CT molecular complexity index is 437. The Kier molecular flexibility index (Phi) is 3.34. The van der Waals surface area contributed by atoms with Crippen LogP contribution in [0.5, 0.6) is 0 Å². The molecule has 1 aromatic rings. The molecule has 6 heteroatoms. The van der Waals surface area contributed by atoms with Crippen LogP contribution in [0, 0.1) is 6.92 Å². The lowest BCUT2D eigenvalue weighted by Crippen LogP contribution is -2.56. The van der Waals surface area contributed by atoms with E-state index in [4.69, 9.17) is 0 Å². The average Bonchev–Trinajstić information content (AvgIpc) is 2.33. The van der Waals surface area contributed by atoms with Crippen LogP contribution in [0.25, 0.3) is 0 Å². The third-order valence-corrected chi connectivity index (χ3v) is 2.58. The average molecular weight is 234 g/mol. The van der Waals surface area contributed by atoms with Crippen molar-refractivity contribution in [2.75, 3.05) is 18.4 Å². The molecule has 1 atom stereocenters. The van der Waals surface area contributed by atoms with Gasteiger partial charge in [0.2, 0.25) is 11.8 Å². The molecular weight excluding hydrogens is 220 g/mol. The first-order valence-corrected chi connectivity index (χ1v) is 5.39. The standard InChI is InChI=1S/C11H14N4O2/c1-7-3-2-4-12-10(7)15-11(17)8-5-14-9(16)6-13-8/h2-4,8,13H,5-6H2,1H3,(H,14,16)(H,12,15,17). The van der Waals surface area contributed by atoms with Crippen molar-refractivity contribution in [3.05, 3.63) is 23.9 Å². The largest absolute Gasteiger partial charge is 0.353 e. The normalized spacial score (nSPS) is 19.6. The summed E-state index contributed by atoms with van der Waals surface area (Å²) in [5.41, 5.74) is 0.903. The summed E-state index contributed by atoms with van der Waals surface area (Å²) in [5.74, 6) is 0.270. The predicted octanol–water partition coefficient (Wildman–Crippen LogP) is -0.583. The Morgan fingerprint density at radius 2 is 2.41 bits per heavy atom. The molecule has 2 rings (SSSR count). The fourth-order valence-corrected chi connectivity index (χ4v) is 1.57. The fourth-order valence-electron chi connectivity index (χ4n) is 1.57. The zero-order valence-electron chi connectivity index (χ0n) is 9.49. The van der Waals surface area contributed by atoms with Gasteiger partial charge in [-0.2, -0.15) is 0 Å². The Hall–Kier alpha value is -1.95. The number of hydrogen-bond acceptors (Lipinski definition) is 4. The van der Waals surface area contributed by atoms with Crippen LogP contribution in [0.1, 0.15) is 5.56 Å². The minimum atomic E-state index is -0.408. The summed E-state index contributed by atoms with van der Waals surface area (Å²) in [6, 6.07) is 3.28. The second kappa shape index (κ2) is 4.92. The molecule has 0 aromatic carbocycles. The van der Waals surface area contributed by atoms with Gasteiger partial charge >= 0.3 is 0 Å². The van der Waals surface area contributed by atoms with Gasteiger partial charge in [0.25, 0.3) is 0 Å². The maximum atomic E-state index is 11.9. The van der Waals surface area contributed by atoms with Crippen molar-refractivity contribution in [2.45, 2.75) is 13.0 Å². The van der Waals surface area contributed by atoms with Gasteiger partial charge in [-0.05, 0) is 18.6 Å². The van der Waals surface area contributed by atoms with Crippen molar-refractivity contribution in [1.29, 1.82) is 0 Å². The number of aryl methyl sites for hydroxylation is 1. The zero-order valence-corrected chi connectivity index (χ0v) is 9.49. The molecule has 0 aliphatic carbocycles. The number of amides is 2.